The Balaban J connectivity index is 2.73. The Labute approximate surface area is 110 Å². The van der Waals surface area contributed by atoms with E-state index in [4.69, 9.17) is 4.74 Å². The Bertz CT molecular complexity index is 390. The van der Waals surface area contributed by atoms with Gasteiger partial charge in [0.05, 0.1) is 18.8 Å². The van der Waals surface area contributed by atoms with Crippen molar-refractivity contribution in [2.75, 3.05) is 14.2 Å². The van der Waals surface area contributed by atoms with Crippen molar-refractivity contribution in [3.8, 4) is 0 Å². The number of ether oxygens (including phenoxy) is 2. The lowest BCUT2D eigenvalue weighted by molar-refractivity contribution is 0.0600. The number of benzene rings is 1. The molecule has 1 unspecified atom stereocenters. The third-order valence-electron chi connectivity index (χ3n) is 2.70. The lowest BCUT2D eigenvalue weighted by Gasteiger charge is -2.10. The largest absolute Gasteiger partial charge is 0.465 e. The second-order valence-corrected chi connectivity index (χ2v) is 4.74. The highest BCUT2D eigenvalue weighted by molar-refractivity contribution is 9.10. The van der Waals surface area contributed by atoms with Crippen LogP contribution in [-0.2, 0) is 15.9 Å². The average Bonchev–Trinajstić information content (AvgIpc) is 2.35. The number of halogens is 1. The molecule has 94 valence electrons. The molecule has 4 heteroatoms. The fourth-order valence-corrected chi connectivity index (χ4v) is 2.05. The molecule has 0 fully saturated rings. The molecule has 0 saturated heterocycles. The molecule has 0 bridgehead atoms. The molecule has 0 saturated carbocycles. The van der Waals surface area contributed by atoms with Crippen molar-refractivity contribution in [1.29, 1.82) is 0 Å². The highest BCUT2D eigenvalue weighted by Crippen LogP contribution is 2.21. The zero-order valence-electron chi connectivity index (χ0n) is 10.3. The summed E-state index contributed by atoms with van der Waals surface area (Å²) in [6.45, 7) is 2.04. The van der Waals surface area contributed by atoms with Crippen molar-refractivity contribution in [3.05, 3.63) is 33.8 Å². The molecule has 0 heterocycles. The molecule has 3 nitrogen and oxygen atoms in total. The van der Waals surface area contributed by atoms with Gasteiger partial charge in [0.1, 0.15) is 0 Å². The van der Waals surface area contributed by atoms with Crippen LogP contribution in [0.25, 0.3) is 0 Å². The van der Waals surface area contributed by atoms with E-state index in [-0.39, 0.29) is 12.1 Å². The molecule has 0 aliphatic rings. The first-order valence-corrected chi connectivity index (χ1v) is 6.27. The van der Waals surface area contributed by atoms with Gasteiger partial charge in [-0.3, -0.25) is 0 Å². The van der Waals surface area contributed by atoms with E-state index in [0.29, 0.717) is 5.56 Å². The number of aryl methyl sites for hydroxylation is 1. The lowest BCUT2D eigenvalue weighted by atomic mass is 10.1. The molecular formula is C13H17BrO3. The van der Waals surface area contributed by atoms with Crippen LogP contribution in [0.3, 0.4) is 0 Å². The summed E-state index contributed by atoms with van der Waals surface area (Å²) in [6.07, 6.45) is 2.10. The van der Waals surface area contributed by atoms with Crippen molar-refractivity contribution in [3.63, 3.8) is 0 Å². The first-order chi connectivity index (χ1) is 8.08. The van der Waals surface area contributed by atoms with Crippen LogP contribution in [0.1, 0.15) is 29.3 Å². The molecule has 1 atom stereocenters. The summed E-state index contributed by atoms with van der Waals surface area (Å²) in [5, 5.41) is 0. The zero-order valence-corrected chi connectivity index (χ0v) is 11.9. The maximum absolute atomic E-state index is 11.3. The number of methoxy groups -OCH3 is 2. The standard InChI is InChI=1S/C13H17BrO3/c1-9(16-2)4-5-10-6-7-11(8-12(10)14)13(15)17-3/h6-9H,4-5H2,1-3H3. The van der Waals surface area contributed by atoms with Gasteiger partial charge >= 0.3 is 5.97 Å². The Morgan fingerprint density at radius 2 is 2.12 bits per heavy atom. The molecule has 1 rings (SSSR count). The number of rotatable bonds is 5. The first-order valence-electron chi connectivity index (χ1n) is 5.48. The van der Waals surface area contributed by atoms with Crippen molar-refractivity contribution in [1.82, 2.24) is 0 Å². The zero-order chi connectivity index (χ0) is 12.8. The number of carbonyl (C=O) groups is 1. The van der Waals surface area contributed by atoms with E-state index in [0.717, 1.165) is 17.3 Å². The SMILES string of the molecule is COC(=O)c1ccc(CCC(C)OC)c(Br)c1. The molecule has 1 aromatic carbocycles. The number of carbonyl (C=O) groups excluding carboxylic acids is 1. The molecule has 0 amide bonds. The van der Waals surface area contributed by atoms with Crippen LogP contribution in [0.15, 0.2) is 22.7 Å². The van der Waals surface area contributed by atoms with Crippen LogP contribution in [0.2, 0.25) is 0 Å². The van der Waals surface area contributed by atoms with Gasteiger partial charge in [0.25, 0.3) is 0 Å². The van der Waals surface area contributed by atoms with Crippen LogP contribution in [0.5, 0.6) is 0 Å². The summed E-state index contributed by atoms with van der Waals surface area (Å²) in [7, 11) is 3.09. The van der Waals surface area contributed by atoms with E-state index in [9.17, 15) is 4.79 Å². The van der Waals surface area contributed by atoms with E-state index in [1.807, 2.05) is 13.0 Å². The normalized spacial score (nSPS) is 12.2. The monoisotopic (exact) mass is 300 g/mol. The molecule has 1 aromatic rings. The first kappa shape index (κ1) is 14.2. The lowest BCUT2D eigenvalue weighted by Crippen LogP contribution is -2.07. The molecule has 0 aliphatic carbocycles. The van der Waals surface area contributed by atoms with Crippen LogP contribution in [0, 0.1) is 0 Å². The van der Waals surface area contributed by atoms with Gasteiger partial charge in [0, 0.05) is 11.6 Å². The molecule has 17 heavy (non-hydrogen) atoms. The van der Waals surface area contributed by atoms with E-state index in [1.54, 1.807) is 19.2 Å². The predicted molar refractivity (Wildman–Crippen MR) is 70.3 cm³/mol. The quantitative estimate of drug-likeness (QED) is 0.783. The van der Waals surface area contributed by atoms with E-state index < -0.39 is 0 Å². The van der Waals surface area contributed by atoms with Crippen LogP contribution < -0.4 is 0 Å². The molecular weight excluding hydrogens is 284 g/mol. The maximum Gasteiger partial charge on any atom is 0.337 e. The molecule has 0 spiro atoms. The van der Waals surface area contributed by atoms with Gasteiger partial charge in [0.2, 0.25) is 0 Å². The average molecular weight is 301 g/mol. The van der Waals surface area contributed by atoms with Gasteiger partial charge in [-0.25, -0.2) is 4.79 Å². The summed E-state index contributed by atoms with van der Waals surface area (Å²) in [6, 6.07) is 5.51. The molecule has 0 aliphatic heterocycles. The second kappa shape index (κ2) is 6.77. The number of esters is 1. The van der Waals surface area contributed by atoms with Crippen molar-refractivity contribution < 1.29 is 14.3 Å². The number of hydrogen-bond acceptors (Lipinski definition) is 3. The maximum atomic E-state index is 11.3. The minimum Gasteiger partial charge on any atom is -0.465 e. The topological polar surface area (TPSA) is 35.5 Å². The third-order valence-corrected chi connectivity index (χ3v) is 3.43. The second-order valence-electron chi connectivity index (χ2n) is 3.88. The van der Waals surface area contributed by atoms with Crippen LogP contribution in [0.4, 0.5) is 0 Å². The molecule has 0 N–H and O–H groups in total. The van der Waals surface area contributed by atoms with Gasteiger partial charge in [-0.1, -0.05) is 22.0 Å². The van der Waals surface area contributed by atoms with Gasteiger partial charge in [-0.2, -0.15) is 0 Å². The Hall–Kier alpha value is -0.870. The summed E-state index contributed by atoms with van der Waals surface area (Å²) in [5.74, 6) is -0.317. The summed E-state index contributed by atoms with van der Waals surface area (Å²) in [4.78, 5) is 11.3. The highest BCUT2D eigenvalue weighted by Gasteiger charge is 2.09. The third kappa shape index (κ3) is 4.13. The van der Waals surface area contributed by atoms with E-state index >= 15 is 0 Å². The Morgan fingerprint density at radius 3 is 2.65 bits per heavy atom. The van der Waals surface area contributed by atoms with Gasteiger partial charge in [-0.15, -0.1) is 0 Å². The molecule has 0 radical (unpaired) electrons. The van der Waals surface area contributed by atoms with Crippen LogP contribution >= 0.6 is 15.9 Å². The van der Waals surface area contributed by atoms with E-state index in [1.165, 1.54) is 12.7 Å². The fraction of sp³-hybridized carbons (Fsp3) is 0.462. The van der Waals surface area contributed by atoms with E-state index in [2.05, 4.69) is 20.7 Å². The van der Waals surface area contributed by atoms with Crippen molar-refractivity contribution in [2.24, 2.45) is 0 Å². The Kier molecular flexibility index (Phi) is 5.65. The van der Waals surface area contributed by atoms with Crippen molar-refractivity contribution >= 4 is 21.9 Å². The molecule has 0 aromatic heterocycles. The van der Waals surface area contributed by atoms with Gasteiger partial charge in [-0.05, 0) is 37.5 Å². The minimum atomic E-state index is -0.317. The van der Waals surface area contributed by atoms with Gasteiger partial charge in [0.15, 0.2) is 0 Å². The minimum absolute atomic E-state index is 0.238. The number of hydrogen-bond donors (Lipinski definition) is 0. The summed E-state index contributed by atoms with van der Waals surface area (Å²) in [5.41, 5.74) is 1.73. The predicted octanol–water partition coefficient (Wildman–Crippen LogP) is 3.20. The van der Waals surface area contributed by atoms with Gasteiger partial charge < -0.3 is 9.47 Å². The van der Waals surface area contributed by atoms with Crippen molar-refractivity contribution in [2.45, 2.75) is 25.9 Å². The fourth-order valence-electron chi connectivity index (χ4n) is 1.47. The summed E-state index contributed by atoms with van der Waals surface area (Å²) >= 11 is 3.47. The summed E-state index contributed by atoms with van der Waals surface area (Å²) < 4.78 is 10.8. The van der Waals surface area contributed by atoms with Crippen LogP contribution in [-0.4, -0.2) is 26.3 Å². The smallest absolute Gasteiger partial charge is 0.337 e. The highest BCUT2D eigenvalue weighted by atomic mass is 79.9. The Morgan fingerprint density at radius 1 is 1.41 bits per heavy atom.